The van der Waals surface area contributed by atoms with Crippen LogP contribution < -0.4 is 4.72 Å². The van der Waals surface area contributed by atoms with Crippen LogP contribution in [0.4, 0.5) is 0 Å². The molecule has 0 saturated carbocycles. The molecule has 1 fully saturated rings. The van der Waals surface area contributed by atoms with Gasteiger partial charge in [0.2, 0.25) is 10.0 Å². The highest BCUT2D eigenvalue weighted by Crippen LogP contribution is 2.13. The fourth-order valence-electron chi connectivity index (χ4n) is 2.97. The van der Waals surface area contributed by atoms with Crippen LogP contribution in [0.25, 0.3) is 0 Å². The third-order valence-corrected chi connectivity index (χ3v) is 4.95. The van der Waals surface area contributed by atoms with Gasteiger partial charge in [-0.05, 0) is 45.3 Å². The van der Waals surface area contributed by atoms with Crippen LogP contribution in [0.3, 0.4) is 0 Å². The minimum atomic E-state index is -3.10. The quantitative estimate of drug-likeness (QED) is 0.582. The fraction of sp³-hybridized carbons (Fsp3) is 0.588. The van der Waals surface area contributed by atoms with Crippen molar-refractivity contribution in [3.63, 3.8) is 0 Å². The van der Waals surface area contributed by atoms with Gasteiger partial charge in [-0.2, -0.15) is 0 Å². The van der Waals surface area contributed by atoms with E-state index in [0.717, 1.165) is 50.9 Å². The second-order valence-electron chi connectivity index (χ2n) is 6.25. The van der Waals surface area contributed by atoms with Crippen molar-refractivity contribution in [1.29, 1.82) is 0 Å². The Labute approximate surface area is 139 Å². The zero-order chi connectivity index (χ0) is 16.7. The number of likely N-dealkylation sites (tertiary alicyclic amines) is 1. The summed E-state index contributed by atoms with van der Waals surface area (Å²) in [6.07, 6.45) is 5.42. The Morgan fingerprint density at radius 2 is 1.83 bits per heavy atom. The molecule has 128 valence electrons. The Balaban J connectivity index is 1.60. The van der Waals surface area contributed by atoms with Crippen molar-refractivity contribution in [3.05, 3.63) is 35.9 Å². The lowest BCUT2D eigenvalue weighted by molar-refractivity contribution is 0.0977. The van der Waals surface area contributed by atoms with Crippen LogP contribution in [0.5, 0.6) is 0 Å². The molecule has 0 radical (unpaired) electrons. The summed E-state index contributed by atoms with van der Waals surface area (Å²) in [5.74, 6) is 0.210. The van der Waals surface area contributed by atoms with Crippen molar-refractivity contribution >= 4 is 15.8 Å². The predicted octanol–water partition coefficient (Wildman–Crippen LogP) is 2.05. The first-order valence-corrected chi connectivity index (χ1v) is 10.1. The molecule has 1 aromatic carbocycles. The molecular weight excluding hydrogens is 312 g/mol. The molecule has 0 atom stereocenters. The molecule has 1 N–H and O–H groups in total. The maximum absolute atomic E-state index is 12.0. The highest BCUT2D eigenvalue weighted by Gasteiger charge is 2.21. The molecule has 0 unspecified atom stereocenters. The predicted molar refractivity (Wildman–Crippen MR) is 92.1 cm³/mol. The van der Waals surface area contributed by atoms with Gasteiger partial charge in [0.15, 0.2) is 5.78 Å². The number of piperidine rings is 1. The number of hydrogen-bond acceptors (Lipinski definition) is 4. The van der Waals surface area contributed by atoms with Crippen LogP contribution in [-0.4, -0.2) is 51.0 Å². The van der Waals surface area contributed by atoms with Gasteiger partial charge < -0.3 is 4.90 Å². The van der Waals surface area contributed by atoms with Crippen LogP contribution >= 0.6 is 0 Å². The molecule has 0 aromatic heterocycles. The summed E-state index contributed by atoms with van der Waals surface area (Å²) in [7, 11) is -3.10. The first-order valence-electron chi connectivity index (χ1n) is 8.22. The number of nitrogens with zero attached hydrogens (tertiary/aromatic N) is 1. The van der Waals surface area contributed by atoms with Crippen LogP contribution in [0.15, 0.2) is 30.3 Å². The maximum atomic E-state index is 12.0. The number of unbranched alkanes of at least 4 members (excludes halogenated alkanes) is 1. The molecule has 1 aliphatic heterocycles. The number of hydrogen-bond donors (Lipinski definition) is 1. The zero-order valence-electron chi connectivity index (χ0n) is 13.7. The van der Waals surface area contributed by atoms with Crippen LogP contribution in [0.1, 0.15) is 42.5 Å². The molecule has 0 amide bonds. The number of ketones is 1. The van der Waals surface area contributed by atoms with E-state index in [4.69, 9.17) is 0 Å². The summed E-state index contributed by atoms with van der Waals surface area (Å²) >= 11 is 0. The number of carbonyl (C=O) groups excluding carboxylic acids is 1. The smallest absolute Gasteiger partial charge is 0.208 e. The molecular formula is C17H26N2O3S. The summed E-state index contributed by atoms with van der Waals surface area (Å²) in [4.78, 5) is 14.3. The van der Waals surface area contributed by atoms with Gasteiger partial charge in [0, 0.05) is 18.0 Å². The Hall–Kier alpha value is -1.24. The third-order valence-electron chi connectivity index (χ3n) is 4.19. The molecule has 1 saturated heterocycles. The van der Waals surface area contributed by atoms with Crippen molar-refractivity contribution < 1.29 is 13.2 Å². The van der Waals surface area contributed by atoms with Gasteiger partial charge in [-0.15, -0.1) is 0 Å². The Morgan fingerprint density at radius 3 is 2.43 bits per heavy atom. The van der Waals surface area contributed by atoms with Crippen LogP contribution in [0, 0.1) is 0 Å². The topological polar surface area (TPSA) is 66.5 Å². The van der Waals surface area contributed by atoms with Gasteiger partial charge in [0.05, 0.1) is 6.26 Å². The lowest BCUT2D eigenvalue weighted by atomic mass is 10.0. The van der Waals surface area contributed by atoms with E-state index in [-0.39, 0.29) is 11.8 Å². The zero-order valence-corrected chi connectivity index (χ0v) is 14.5. The molecule has 0 spiro atoms. The Morgan fingerprint density at radius 1 is 1.17 bits per heavy atom. The first kappa shape index (κ1) is 18.1. The highest BCUT2D eigenvalue weighted by molar-refractivity contribution is 7.88. The van der Waals surface area contributed by atoms with Crippen molar-refractivity contribution in [3.8, 4) is 0 Å². The Bertz CT molecular complexity index is 594. The summed E-state index contributed by atoms with van der Waals surface area (Å²) in [6, 6.07) is 9.49. The van der Waals surface area contributed by atoms with Gasteiger partial charge in [0.1, 0.15) is 0 Å². The first-order chi connectivity index (χ1) is 10.9. The van der Waals surface area contributed by atoms with Crippen molar-refractivity contribution in [1.82, 2.24) is 9.62 Å². The SMILES string of the molecule is CS(=O)(=O)NC1CCN(CCCCC(=O)c2ccccc2)CC1. The molecule has 1 aliphatic rings. The lowest BCUT2D eigenvalue weighted by Gasteiger charge is -2.31. The average Bonchev–Trinajstić information content (AvgIpc) is 2.52. The van der Waals surface area contributed by atoms with E-state index in [0.29, 0.717) is 6.42 Å². The standard InChI is InChI=1S/C17H26N2O3S/c1-23(21,22)18-16-10-13-19(14-11-16)12-6-5-9-17(20)15-7-3-2-4-8-15/h2-4,7-8,16,18H,5-6,9-14H2,1H3. The summed E-state index contributed by atoms with van der Waals surface area (Å²) < 4.78 is 25.1. The second-order valence-corrected chi connectivity index (χ2v) is 8.03. The average molecular weight is 338 g/mol. The molecule has 0 aliphatic carbocycles. The van der Waals surface area contributed by atoms with E-state index in [9.17, 15) is 13.2 Å². The number of Topliss-reactive ketones (excluding diaryl/α,β-unsaturated/α-hetero) is 1. The lowest BCUT2D eigenvalue weighted by Crippen LogP contribution is -2.44. The van der Waals surface area contributed by atoms with Crippen molar-refractivity contribution in [2.24, 2.45) is 0 Å². The number of sulfonamides is 1. The van der Waals surface area contributed by atoms with Crippen molar-refractivity contribution in [2.75, 3.05) is 25.9 Å². The molecule has 0 bridgehead atoms. The van der Waals surface area contributed by atoms with E-state index in [1.165, 1.54) is 6.26 Å². The van der Waals surface area contributed by atoms with E-state index in [1.807, 2.05) is 30.3 Å². The number of rotatable bonds is 8. The van der Waals surface area contributed by atoms with E-state index < -0.39 is 10.0 Å². The van der Waals surface area contributed by atoms with E-state index in [1.54, 1.807) is 0 Å². The summed E-state index contributed by atoms with van der Waals surface area (Å²) in [6.45, 7) is 2.81. The molecule has 23 heavy (non-hydrogen) atoms. The highest BCUT2D eigenvalue weighted by atomic mass is 32.2. The summed E-state index contributed by atoms with van der Waals surface area (Å²) in [5, 5.41) is 0. The summed E-state index contributed by atoms with van der Waals surface area (Å²) in [5.41, 5.74) is 0.792. The van der Waals surface area contributed by atoms with Crippen LogP contribution in [-0.2, 0) is 10.0 Å². The van der Waals surface area contributed by atoms with Gasteiger partial charge in [0.25, 0.3) is 0 Å². The fourth-order valence-corrected chi connectivity index (χ4v) is 3.81. The number of nitrogens with one attached hydrogen (secondary N) is 1. The second kappa shape index (κ2) is 8.57. The minimum Gasteiger partial charge on any atom is -0.303 e. The molecule has 5 nitrogen and oxygen atoms in total. The van der Waals surface area contributed by atoms with Gasteiger partial charge in [-0.3, -0.25) is 4.79 Å². The molecule has 1 aromatic rings. The van der Waals surface area contributed by atoms with E-state index >= 15 is 0 Å². The van der Waals surface area contributed by atoms with Gasteiger partial charge >= 0.3 is 0 Å². The van der Waals surface area contributed by atoms with Crippen LogP contribution in [0.2, 0.25) is 0 Å². The Kier molecular flexibility index (Phi) is 6.74. The monoisotopic (exact) mass is 338 g/mol. The molecule has 6 heteroatoms. The molecule has 2 rings (SSSR count). The minimum absolute atomic E-state index is 0.0703. The van der Waals surface area contributed by atoms with Crippen molar-refractivity contribution in [2.45, 2.75) is 38.1 Å². The maximum Gasteiger partial charge on any atom is 0.208 e. The largest absolute Gasteiger partial charge is 0.303 e. The van der Waals surface area contributed by atoms with E-state index in [2.05, 4.69) is 9.62 Å². The van der Waals surface area contributed by atoms with Gasteiger partial charge in [-0.1, -0.05) is 30.3 Å². The van der Waals surface area contributed by atoms with Gasteiger partial charge in [-0.25, -0.2) is 13.1 Å². The molecule has 1 heterocycles. The third kappa shape index (κ3) is 6.81. The number of carbonyl (C=O) groups is 1. The number of benzene rings is 1. The normalized spacial score (nSPS) is 17.3.